The van der Waals surface area contributed by atoms with E-state index in [-0.39, 0.29) is 11.7 Å². The molecule has 0 saturated carbocycles. The summed E-state index contributed by atoms with van der Waals surface area (Å²) in [5, 5.41) is 5.77. The lowest BCUT2D eigenvalue weighted by atomic mass is 10.2. The average Bonchev–Trinajstić information content (AvgIpc) is 3.33. The van der Waals surface area contributed by atoms with E-state index in [0.717, 1.165) is 23.1 Å². The Morgan fingerprint density at radius 1 is 1.06 bits per heavy atom. The average molecular weight is 468 g/mol. The first-order chi connectivity index (χ1) is 17.1. The van der Waals surface area contributed by atoms with Gasteiger partial charge in [0, 0.05) is 0 Å². The largest absolute Gasteiger partial charge is 0.496 e. The minimum Gasteiger partial charge on any atom is -0.496 e. The van der Waals surface area contributed by atoms with Crippen LogP contribution in [-0.2, 0) is 0 Å². The number of benzene rings is 3. The van der Waals surface area contributed by atoms with Crippen LogP contribution in [0.15, 0.2) is 87.1 Å². The third-order valence-electron chi connectivity index (χ3n) is 5.83. The summed E-state index contributed by atoms with van der Waals surface area (Å²) in [6, 6.07) is 22.1. The summed E-state index contributed by atoms with van der Waals surface area (Å²) < 4.78 is 18.6. The van der Waals surface area contributed by atoms with Gasteiger partial charge in [0.25, 0.3) is 5.56 Å². The van der Waals surface area contributed by atoms with Crippen LogP contribution in [0.5, 0.6) is 11.5 Å². The molecule has 3 aromatic carbocycles. The minimum absolute atomic E-state index is 0.141. The van der Waals surface area contributed by atoms with Crippen molar-refractivity contribution >= 4 is 28.1 Å². The number of hydrogen-bond acceptors (Lipinski definition) is 6. The molecule has 0 aliphatic heterocycles. The quantitative estimate of drug-likeness (QED) is 0.279. The first-order valence-corrected chi connectivity index (χ1v) is 11.5. The highest BCUT2D eigenvalue weighted by atomic mass is 16.5. The second-order valence-electron chi connectivity index (χ2n) is 8.20. The summed E-state index contributed by atoms with van der Waals surface area (Å²) in [5.41, 5.74) is 1.73. The number of ether oxygens (including phenoxy) is 2. The fraction of sp³-hybridized carbons (Fsp3) is 0.179. The van der Waals surface area contributed by atoms with Crippen LogP contribution in [0.25, 0.3) is 33.5 Å². The summed E-state index contributed by atoms with van der Waals surface area (Å²) >= 11 is 0. The van der Waals surface area contributed by atoms with Crippen LogP contribution >= 0.6 is 0 Å². The van der Waals surface area contributed by atoms with Gasteiger partial charge >= 0.3 is 0 Å². The smallest absolute Gasteiger partial charge is 0.282 e. The van der Waals surface area contributed by atoms with Crippen molar-refractivity contribution in [3.05, 3.63) is 88.7 Å². The molecule has 2 heterocycles. The number of methoxy groups -OCH3 is 1. The summed E-state index contributed by atoms with van der Waals surface area (Å²) in [6.07, 6.45) is 2.69. The van der Waals surface area contributed by atoms with Crippen molar-refractivity contribution in [2.24, 2.45) is 5.10 Å². The van der Waals surface area contributed by atoms with Gasteiger partial charge in [0.15, 0.2) is 5.76 Å². The van der Waals surface area contributed by atoms with E-state index in [1.807, 2.05) is 61.5 Å². The normalized spacial score (nSPS) is 12.4. The number of para-hydroxylation sites is 1. The van der Waals surface area contributed by atoms with Gasteiger partial charge in [-0.15, -0.1) is 0 Å². The standard InChI is InChI=1S/C28H25N3O4/c1-4-18(2)34-20-14-12-19(13-15-20)17-29-31-27(30-23-9-6-5-8-21(23)28(31)32)26-16-22-24(33-3)10-7-11-25(22)35-26/h5-18H,4H2,1-3H3/t18-/m1/s1. The van der Waals surface area contributed by atoms with E-state index in [0.29, 0.717) is 33.8 Å². The van der Waals surface area contributed by atoms with Crippen molar-refractivity contribution in [3.8, 4) is 23.1 Å². The maximum atomic E-state index is 13.4. The Morgan fingerprint density at radius 3 is 2.63 bits per heavy atom. The fourth-order valence-electron chi connectivity index (χ4n) is 3.79. The molecule has 0 amide bonds. The molecule has 0 N–H and O–H groups in total. The van der Waals surface area contributed by atoms with Crippen LogP contribution in [0.1, 0.15) is 25.8 Å². The van der Waals surface area contributed by atoms with Crippen LogP contribution in [0.2, 0.25) is 0 Å². The molecule has 7 heteroatoms. The zero-order valence-electron chi connectivity index (χ0n) is 19.8. The topological polar surface area (TPSA) is 78.8 Å². The Bertz CT molecular complexity index is 1580. The highest BCUT2D eigenvalue weighted by Gasteiger charge is 2.17. The minimum atomic E-state index is -0.286. The van der Waals surface area contributed by atoms with E-state index in [4.69, 9.17) is 18.9 Å². The number of fused-ring (bicyclic) bond motifs is 2. The lowest BCUT2D eigenvalue weighted by molar-refractivity contribution is 0.217. The van der Waals surface area contributed by atoms with Crippen LogP contribution in [-0.4, -0.2) is 29.1 Å². The number of rotatable bonds is 7. The maximum absolute atomic E-state index is 13.4. The van der Waals surface area contributed by atoms with Gasteiger partial charge < -0.3 is 13.9 Å². The molecule has 1 atom stereocenters. The highest BCUT2D eigenvalue weighted by Crippen LogP contribution is 2.32. The molecule has 5 aromatic rings. The fourth-order valence-corrected chi connectivity index (χ4v) is 3.79. The first kappa shape index (κ1) is 22.4. The molecule has 0 spiro atoms. The lowest BCUT2D eigenvalue weighted by Gasteiger charge is -2.12. The molecule has 35 heavy (non-hydrogen) atoms. The zero-order chi connectivity index (χ0) is 24.4. The van der Waals surface area contributed by atoms with Gasteiger partial charge in [-0.05, 0) is 73.5 Å². The van der Waals surface area contributed by atoms with Gasteiger partial charge in [0.05, 0.1) is 35.7 Å². The van der Waals surface area contributed by atoms with E-state index in [2.05, 4.69) is 12.0 Å². The third kappa shape index (κ3) is 4.40. The van der Waals surface area contributed by atoms with E-state index in [9.17, 15) is 4.79 Å². The number of furan rings is 1. The van der Waals surface area contributed by atoms with Crippen LogP contribution in [0, 0.1) is 0 Å². The van der Waals surface area contributed by atoms with Crippen LogP contribution in [0.4, 0.5) is 0 Å². The predicted molar refractivity (Wildman–Crippen MR) is 138 cm³/mol. The molecule has 0 aliphatic rings. The van der Waals surface area contributed by atoms with Crippen LogP contribution in [0.3, 0.4) is 0 Å². The molecule has 0 radical (unpaired) electrons. The van der Waals surface area contributed by atoms with Gasteiger partial charge in [-0.3, -0.25) is 4.79 Å². The molecule has 0 fully saturated rings. The molecule has 0 unspecified atom stereocenters. The van der Waals surface area contributed by atoms with Gasteiger partial charge in [0.2, 0.25) is 5.82 Å². The number of nitrogens with zero attached hydrogens (tertiary/aromatic N) is 3. The first-order valence-electron chi connectivity index (χ1n) is 11.5. The summed E-state index contributed by atoms with van der Waals surface area (Å²) in [4.78, 5) is 18.1. The van der Waals surface area contributed by atoms with Crippen molar-refractivity contribution in [3.63, 3.8) is 0 Å². The summed E-state index contributed by atoms with van der Waals surface area (Å²) in [7, 11) is 1.61. The molecule has 176 valence electrons. The Balaban J connectivity index is 1.60. The SMILES string of the molecule is CC[C@@H](C)Oc1ccc(C=Nn2c(-c3cc4c(OC)cccc4o3)nc3ccccc3c2=O)cc1. The number of aromatic nitrogens is 2. The second-order valence-corrected chi connectivity index (χ2v) is 8.20. The molecule has 7 nitrogen and oxygen atoms in total. The Hall–Kier alpha value is -4.39. The molecule has 0 saturated heterocycles. The van der Waals surface area contributed by atoms with E-state index < -0.39 is 0 Å². The Morgan fingerprint density at radius 2 is 1.86 bits per heavy atom. The van der Waals surface area contributed by atoms with Crippen molar-refractivity contribution in [2.45, 2.75) is 26.4 Å². The van der Waals surface area contributed by atoms with Crippen molar-refractivity contribution in [2.75, 3.05) is 7.11 Å². The van der Waals surface area contributed by atoms with Gasteiger partial charge in [-0.1, -0.05) is 25.1 Å². The zero-order valence-corrected chi connectivity index (χ0v) is 19.8. The monoisotopic (exact) mass is 467 g/mol. The summed E-state index contributed by atoms with van der Waals surface area (Å²) in [6.45, 7) is 4.11. The summed E-state index contributed by atoms with van der Waals surface area (Å²) in [5.74, 6) is 2.19. The third-order valence-corrected chi connectivity index (χ3v) is 5.83. The molecule has 0 aliphatic carbocycles. The van der Waals surface area contributed by atoms with Crippen molar-refractivity contribution in [1.82, 2.24) is 9.66 Å². The Labute approximate surface area is 202 Å². The number of hydrogen-bond donors (Lipinski definition) is 0. The highest BCUT2D eigenvalue weighted by molar-refractivity contribution is 5.88. The van der Waals surface area contributed by atoms with Gasteiger partial charge in [-0.2, -0.15) is 9.78 Å². The second kappa shape index (κ2) is 9.46. The molecule has 2 aromatic heterocycles. The van der Waals surface area contributed by atoms with E-state index >= 15 is 0 Å². The molecule has 5 rings (SSSR count). The van der Waals surface area contributed by atoms with Gasteiger partial charge in [-0.25, -0.2) is 4.98 Å². The molecular weight excluding hydrogens is 442 g/mol. The van der Waals surface area contributed by atoms with Crippen molar-refractivity contribution < 1.29 is 13.9 Å². The Kier molecular flexibility index (Phi) is 6.06. The lowest BCUT2D eigenvalue weighted by Crippen LogP contribution is -2.20. The van der Waals surface area contributed by atoms with E-state index in [1.54, 1.807) is 31.5 Å². The molecular formula is C28H25N3O4. The predicted octanol–water partition coefficient (Wildman–Crippen LogP) is 5.88. The van der Waals surface area contributed by atoms with Crippen LogP contribution < -0.4 is 15.0 Å². The maximum Gasteiger partial charge on any atom is 0.282 e. The van der Waals surface area contributed by atoms with Crippen molar-refractivity contribution in [1.29, 1.82) is 0 Å². The van der Waals surface area contributed by atoms with E-state index in [1.165, 1.54) is 4.68 Å². The van der Waals surface area contributed by atoms with Gasteiger partial charge in [0.1, 0.15) is 17.1 Å². The molecule has 0 bridgehead atoms.